The summed E-state index contributed by atoms with van der Waals surface area (Å²) in [5.41, 5.74) is -0.308. The van der Waals surface area contributed by atoms with Crippen molar-refractivity contribution in [2.75, 3.05) is 19.7 Å². The first-order valence-corrected chi connectivity index (χ1v) is 6.22. The van der Waals surface area contributed by atoms with Crippen LogP contribution in [0.4, 0.5) is 4.39 Å². The van der Waals surface area contributed by atoms with Gasteiger partial charge in [0.25, 0.3) is 0 Å². The van der Waals surface area contributed by atoms with Crippen LogP contribution in [0.15, 0.2) is 18.2 Å². The van der Waals surface area contributed by atoms with Gasteiger partial charge in [0.15, 0.2) is 0 Å². The molecule has 0 aromatic heterocycles. The minimum Gasteiger partial charge on any atom is -0.489 e. The summed E-state index contributed by atoms with van der Waals surface area (Å²) in [7, 11) is 0. The molecule has 0 bridgehead atoms. The van der Waals surface area contributed by atoms with Gasteiger partial charge in [-0.3, -0.25) is 0 Å². The summed E-state index contributed by atoms with van der Waals surface area (Å²) in [6, 6.07) is 6.16. The largest absolute Gasteiger partial charge is 0.489 e. The molecule has 1 unspecified atom stereocenters. The molecule has 1 heterocycles. The van der Waals surface area contributed by atoms with Gasteiger partial charge >= 0.3 is 0 Å². The number of nitrogens with zero attached hydrogens (tertiary/aromatic N) is 1. The second kappa shape index (κ2) is 5.55. The molecule has 1 aromatic rings. The second-order valence-electron chi connectivity index (χ2n) is 5.17. The number of nitriles is 1. The normalized spacial score (nSPS) is 21.7. The van der Waals surface area contributed by atoms with Crippen molar-refractivity contribution in [1.29, 1.82) is 5.26 Å². The summed E-state index contributed by atoms with van der Waals surface area (Å²) < 4.78 is 24.7. The molecule has 0 radical (unpaired) electrons. The third-order valence-electron chi connectivity index (χ3n) is 2.92. The van der Waals surface area contributed by atoms with Crippen molar-refractivity contribution in [3.8, 4) is 11.8 Å². The second-order valence-corrected chi connectivity index (χ2v) is 5.17. The number of hydrogen-bond donors (Lipinski definition) is 1. The predicted molar refractivity (Wildman–Crippen MR) is 68.4 cm³/mol. The zero-order chi connectivity index (χ0) is 13.9. The lowest BCUT2D eigenvalue weighted by molar-refractivity contribution is -0.107. The molecule has 102 valence electrons. The maximum Gasteiger partial charge on any atom is 0.144 e. The number of nitrogens with one attached hydrogen (secondary N) is 1. The van der Waals surface area contributed by atoms with Crippen LogP contribution in [0.1, 0.15) is 19.4 Å². The summed E-state index contributed by atoms with van der Waals surface area (Å²) in [6.45, 7) is 5.74. The summed E-state index contributed by atoms with van der Waals surface area (Å²) >= 11 is 0. The number of hydrogen-bond acceptors (Lipinski definition) is 4. The van der Waals surface area contributed by atoms with Crippen LogP contribution < -0.4 is 10.1 Å². The van der Waals surface area contributed by atoms with Gasteiger partial charge in [-0.25, -0.2) is 4.39 Å². The predicted octanol–water partition coefficient (Wildman–Crippen LogP) is 1.84. The Balaban J connectivity index is 2.00. The Morgan fingerprint density at radius 3 is 3.05 bits per heavy atom. The molecule has 0 saturated carbocycles. The van der Waals surface area contributed by atoms with Gasteiger partial charge in [0.05, 0.1) is 5.60 Å². The minimum absolute atomic E-state index is 0.0643. The van der Waals surface area contributed by atoms with Crippen molar-refractivity contribution < 1.29 is 13.9 Å². The van der Waals surface area contributed by atoms with Crippen LogP contribution in [0.25, 0.3) is 0 Å². The lowest BCUT2D eigenvalue weighted by Gasteiger charge is -2.36. The average molecular weight is 264 g/mol. The summed E-state index contributed by atoms with van der Waals surface area (Å²) in [5.74, 6) is -0.308. The van der Waals surface area contributed by atoms with Crippen molar-refractivity contribution in [2.24, 2.45) is 0 Å². The van der Waals surface area contributed by atoms with E-state index in [9.17, 15) is 4.39 Å². The van der Waals surface area contributed by atoms with Crippen LogP contribution in [0.3, 0.4) is 0 Å². The van der Waals surface area contributed by atoms with Crippen LogP contribution in [-0.2, 0) is 4.74 Å². The minimum atomic E-state index is -0.567. The van der Waals surface area contributed by atoms with Crippen LogP contribution in [0, 0.1) is 17.1 Å². The van der Waals surface area contributed by atoms with Gasteiger partial charge in [0, 0.05) is 13.1 Å². The van der Waals surface area contributed by atoms with E-state index in [2.05, 4.69) is 5.32 Å². The van der Waals surface area contributed by atoms with Crippen molar-refractivity contribution >= 4 is 0 Å². The first kappa shape index (κ1) is 13.8. The van der Waals surface area contributed by atoms with Crippen LogP contribution in [-0.4, -0.2) is 31.4 Å². The molecular formula is C14H17FN2O2. The number of ether oxygens (including phenoxy) is 2. The Morgan fingerprint density at radius 1 is 1.58 bits per heavy atom. The first-order valence-electron chi connectivity index (χ1n) is 6.22. The highest BCUT2D eigenvalue weighted by Crippen LogP contribution is 2.22. The van der Waals surface area contributed by atoms with Gasteiger partial charge in [-0.15, -0.1) is 0 Å². The van der Waals surface area contributed by atoms with Crippen LogP contribution >= 0.6 is 0 Å². The molecule has 0 spiro atoms. The smallest absolute Gasteiger partial charge is 0.144 e. The summed E-state index contributed by atoms with van der Waals surface area (Å²) in [4.78, 5) is 0. The molecule has 19 heavy (non-hydrogen) atoms. The highest BCUT2D eigenvalue weighted by atomic mass is 19.1. The van der Waals surface area contributed by atoms with E-state index >= 15 is 0 Å². The molecule has 0 amide bonds. The summed E-state index contributed by atoms with van der Waals surface area (Å²) in [5, 5.41) is 12.2. The first-order chi connectivity index (χ1) is 9.02. The zero-order valence-electron chi connectivity index (χ0n) is 11.1. The zero-order valence-corrected chi connectivity index (χ0v) is 11.1. The van der Waals surface area contributed by atoms with Crippen molar-refractivity contribution in [1.82, 2.24) is 5.32 Å². The maximum atomic E-state index is 13.4. The molecular weight excluding hydrogens is 247 g/mol. The fourth-order valence-corrected chi connectivity index (χ4v) is 2.08. The van der Waals surface area contributed by atoms with E-state index in [0.29, 0.717) is 6.54 Å². The number of halogens is 1. The molecule has 1 aliphatic heterocycles. The Labute approximate surface area is 112 Å². The van der Waals surface area contributed by atoms with E-state index < -0.39 is 5.82 Å². The molecule has 2 rings (SSSR count). The monoisotopic (exact) mass is 264 g/mol. The molecule has 1 aliphatic rings. The van der Waals surface area contributed by atoms with Gasteiger partial charge < -0.3 is 14.8 Å². The quantitative estimate of drug-likeness (QED) is 0.905. The fourth-order valence-electron chi connectivity index (χ4n) is 2.08. The average Bonchev–Trinajstić information content (AvgIpc) is 2.35. The van der Waals surface area contributed by atoms with E-state index in [-0.39, 0.29) is 29.6 Å². The molecule has 1 aromatic carbocycles. The highest BCUT2D eigenvalue weighted by molar-refractivity contribution is 5.43. The molecule has 1 fully saturated rings. The van der Waals surface area contributed by atoms with Gasteiger partial charge in [0.2, 0.25) is 0 Å². The maximum absolute atomic E-state index is 13.4. The van der Waals surface area contributed by atoms with E-state index in [1.165, 1.54) is 12.1 Å². The van der Waals surface area contributed by atoms with Crippen LogP contribution in [0.2, 0.25) is 0 Å². The SMILES string of the molecule is CC1(C)CNCC(COc2cccc(F)c2C#N)O1. The Bertz CT molecular complexity index is 497. The van der Waals surface area contributed by atoms with E-state index in [0.717, 1.165) is 6.54 Å². The van der Waals surface area contributed by atoms with Gasteiger partial charge in [-0.2, -0.15) is 5.26 Å². The van der Waals surface area contributed by atoms with Crippen LogP contribution in [0.5, 0.6) is 5.75 Å². The number of morpholine rings is 1. The number of benzene rings is 1. The van der Waals surface area contributed by atoms with E-state index in [1.807, 2.05) is 19.9 Å². The Morgan fingerprint density at radius 2 is 2.37 bits per heavy atom. The van der Waals surface area contributed by atoms with Gasteiger partial charge in [0.1, 0.15) is 35.9 Å². The molecule has 1 N–H and O–H groups in total. The molecule has 4 nitrogen and oxygen atoms in total. The lowest BCUT2D eigenvalue weighted by Crippen LogP contribution is -2.52. The molecule has 1 atom stereocenters. The topological polar surface area (TPSA) is 54.3 Å². The molecule has 5 heteroatoms. The lowest BCUT2D eigenvalue weighted by atomic mass is 10.1. The standard InChI is InChI=1S/C14H17FN2O2/c1-14(2)9-17-7-10(19-14)8-18-13-5-3-4-12(15)11(13)6-16/h3-5,10,17H,7-9H2,1-2H3. The Hall–Kier alpha value is -1.64. The fraction of sp³-hybridized carbons (Fsp3) is 0.500. The highest BCUT2D eigenvalue weighted by Gasteiger charge is 2.28. The third-order valence-corrected chi connectivity index (χ3v) is 2.92. The third kappa shape index (κ3) is 3.43. The van der Waals surface area contributed by atoms with Crippen molar-refractivity contribution in [2.45, 2.75) is 25.6 Å². The van der Waals surface area contributed by atoms with Gasteiger partial charge in [-0.1, -0.05) is 6.07 Å². The van der Waals surface area contributed by atoms with Gasteiger partial charge in [-0.05, 0) is 26.0 Å². The number of rotatable bonds is 3. The summed E-state index contributed by atoms with van der Waals surface area (Å²) in [6.07, 6.45) is -0.112. The molecule has 1 saturated heterocycles. The van der Waals surface area contributed by atoms with E-state index in [1.54, 1.807) is 6.07 Å². The van der Waals surface area contributed by atoms with E-state index in [4.69, 9.17) is 14.7 Å². The van der Waals surface area contributed by atoms with Crippen molar-refractivity contribution in [3.05, 3.63) is 29.6 Å². The molecule has 0 aliphatic carbocycles. The Kier molecular flexibility index (Phi) is 4.03. The van der Waals surface area contributed by atoms with Crippen molar-refractivity contribution in [3.63, 3.8) is 0 Å².